The van der Waals surface area contributed by atoms with Crippen molar-refractivity contribution in [3.05, 3.63) is 99.8 Å². The van der Waals surface area contributed by atoms with E-state index in [1.165, 1.54) is 5.56 Å². The molecule has 0 aliphatic carbocycles. The predicted molar refractivity (Wildman–Crippen MR) is 135 cm³/mol. The van der Waals surface area contributed by atoms with Crippen LogP contribution in [0.2, 0.25) is 5.02 Å². The summed E-state index contributed by atoms with van der Waals surface area (Å²) in [6, 6.07) is 25.3. The van der Waals surface area contributed by atoms with Crippen LogP contribution in [0.1, 0.15) is 5.56 Å². The highest BCUT2D eigenvalue weighted by molar-refractivity contribution is 7.99. The largest absolute Gasteiger partial charge is 0.375 e. The van der Waals surface area contributed by atoms with Crippen LogP contribution in [-0.2, 0) is 11.3 Å². The highest BCUT2D eigenvalue weighted by atomic mass is 35.5. The highest BCUT2D eigenvalue weighted by Gasteiger charge is 2.22. The Hall–Kier alpha value is -2.64. The zero-order chi connectivity index (χ0) is 22.6. The van der Waals surface area contributed by atoms with Gasteiger partial charge in [-0.25, -0.2) is 4.98 Å². The van der Waals surface area contributed by atoms with E-state index >= 15 is 0 Å². The van der Waals surface area contributed by atoms with Crippen molar-refractivity contribution in [1.29, 1.82) is 0 Å². The van der Waals surface area contributed by atoms with E-state index in [0.29, 0.717) is 33.4 Å². The van der Waals surface area contributed by atoms with Gasteiger partial charge in [-0.2, -0.15) is 0 Å². The molecule has 3 aromatic carbocycles. The maximum atomic E-state index is 13.4. The van der Waals surface area contributed by atoms with E-state index < -0.39 is 0 Å². The fourth-order valence-electron chi connectivity index (χ4n) is 4.07. The summed E-state index contributed by atoms with van der Waals surface area (Å²) in [5.41, 5.74) is 2.61. The molecule has 7 heteroatoms. The van der Waals surface area contributed by atoms with Gasteiger partial charge in [-0.1, -0.05) is 71.9 Å². The van der Waals surface area contributed by atoms with Crippen molar-refractivity contribution in [2.75, 3.05) is 25.4 Å². The van der Waals surface area contributed by atoms with Crippen molar-refractivity contribution >= 4 is 34.3 Å². The minimum absolute atomic E-state index is 0.0589. The van der Waals surface area contributed by atoms with Crippen LogP contribution >= 0.6 is 23.4 Å². The average molecular weight is 478 g/mol. The highest BCUT2D eigenvalue weighted by Crippen LogP contribution is 2.25. The van der Waals surface area contributed by atoms with Gasteiger partial charge in [-0.05, 0) is 35.9 Å². The predicted octanol–water partition coefficient (Wildman–Crippen LogP) is 5.03. The third-order valence-electron chi connectivity index (χ3n) is 5.69. The standard InChI is InChI=1S/C26H24ClN3O2S/c27-20-11-12-23-24(15-20)28-26(30(25(23)31)21-9-5-2-6-10-21)33-18-22-17-29(13-14-32-22)16-19-7-3-1-4-8-19/h1-12,15,22H,13-14,16-18H2/t22-/m1/s1. The maximum absolute atomic E-state index is 13.4. The van der Waals surface area contributed by atoms with Crippen LogP contribution in [-0.4, -0.2) is 46.0 Å². The maximum Gasteiger partial charge on any atom is 0.266 e. The van der Waals surface area contributed by atoms with Crippen molar-refractivity contribution in [3.63, 3.8) is 0 Å². The summed E-state index contributed by atoms with van der Waals surface area (Å²) in [6.45, 7) is 3.37. The molecule has 2 heterocycles. The van der Waals surface area contributed by atoms with Gasteiger partial charge in [0.15, 0.2) is 5.16 Å². The third kappa shape index (κ3) is 5.14. The van der Waals surface area contributed by atoms with E-state index in [4.69, 9.17) is 21.3 Å². The number of nitrogens with zero attached hydrogens (tertiary/aromatic N) is 3. The summed E-state index contributed by atoms with van der Waals surface area (Å²) in [6.07, 6.45) is 0.0589. The zero-order valence-electron chi connectivity index (χ0n) is 18.1. The van der Waals surface area contributed by atoms with Gasteiger partial charge >= 0.3 is 0 Å². The Labute approximate surface area is 202 Å². The Kier molecular flexibility index (Phi) is 6.78. The number of benzene rings is 3. The second kappa shape index (κ2) is 10.1. The van der Waals surface area contributed by atoms with Gasteiger partial charge in [0.25, 0.3) is 5.56 Å². The molecule has 168 valence electrons. The molecule has 0 saturated carbocycles. The molecule has 1 aliphatic rings. The summed E-state index contributed by atoms with van der Waals surface area (Å²) >= 11 is 7.73. The SMILES string of the molecule is O=c1c2ccc(Cl)cc2nc(SC[C@H]2CN(Cc3ccccc3)CCO2)n1-c1ccccc1. The first-order valence-electron chi connectivity index (χ1n) is 11.0. The van der Waals surface area contributed by atoms with E-state index in [-0.39, 0.29) is 11.7 Å². The Balaban J connectivity index is 1.39. The Bertz CT molecular complexity index is 1300. The monoisotopic (exact) mass is 477 g/mol. The fraction of sp³-hybridized carbons (Fsp3) is 0.231. The molecule has 0 amide bonds. The van der Waals surface area contributed by atoms with Gasteiger partial charge in [0, 0.05) is 30.4 Å². The van der Waals surface area contributed by atoms with Gasteiger partial charge in [0.05, 0.1) is 29.3 Å². The number of morpholine rings is 1. The quantitative estimate of drug-likeness (QED) is 0.288. The lowest BCUT2D eigenvalue weighted by atomic mass is 10.2. The molecule has 33 heavy (non-hydrogen) atoms. The molecule has 1 aromatic heterocycles. The first-order chi connectivity index (χ1) is 16.2. The van der Waals surface area contributed by atoms with E-state index in [1.54, 1.807) is 34.5 Å². The Morgan fingerprint density at radius 3 is 2.58 bits per heavy atom. The molecule has 0 spiro atoms. The molecule has 4 aromatic rings. The number of halogens is 1. The van der Waals surface area contributed by atoms with Crippen molar-refractivity contribution in [2.24, 2.45) is 0 Å². The normalized spacial score (nSPS) is 16.8. The second-order valence-electron chi connectivity index (χ2n) is 8.06. The molecule has 0 N–H and O–H groups in total. The topological polar surface area (TPSA) is 47.4 Å². The lowest BCUT2D eigenvalue weighted by Gasteiger charge is -2.32. The minimum atomic E-state index is -0.0966. The van der Waals surface area contributed by atoms with Gasteiger partial charge in [-0.15, -0.1) is 0 Å². The number of rotatable bonds is 6. The van der Waals surface area contributed by atoms with Crippen LogP contribution in [0.5, 0.6) is 0 Å². The van der Waals surface area contributed by atoms with Crippen LogP contribution in [0.3, 0.4) is 0 Å². The Morgan fingerprint density at radius 2 is 1.79 bits per heavy atom. The van der Waals surface area contributed by atoms with E-state index in [1.807, 2.05) is 36.4 Å². The van der Waals surface area contributed by atoms with Crippen LogP contribution < -0.4 is 5.56 Å². The molecule has 5 nitrogen and oxygen atoms in total. The van der Waals surface area contributed by atoms with E-state index in [9.17, 15) is 4.79 Å². The van der Waals surface area contributed by atoms with Crippen LogP contribution in [0.4, 0.5) is 0 Å². The lowest BCUT2D eigenvalue weighted by molar-refractivity contribution is -0.0187. The number of ether oxygens (including phenoxy) is 1. The van der Waals surface area contributed by atoms with E-state index in [2.05, 4.69) is 29.2 Å². The number of para-hydroxylation sites is 1. The van der Waals surface area contributed by atoms with Gasteiger partial charge in [-0.3, -0.25) is 14.3 Å². The van der Waals surface area contributed by atoms with Gasteiger partial charge in [0.1, 0.15) is 0 Å². The van der Waals surface area contributed by atoms with Crippen LogP contribution in [0.25, 0.3) is 16.6 Å². The lowest BCUT2D eigenvalue weighted by Crippen LogP contribution is -2.43. The number of hydrogen-bond acceptors (Lipinski definition) is 5. The molecule has 1 saturated heterocycles. The molecule has 1 atom stereocenters. The molecule has 0 bridgehead atoms. The molecular formula is C26H24ClN3O2S. The molecule has 0 unspecified atom stereocenters. The summed E-state index contributed by atoms with van der Waals surface area (Å²) in [5.74, 6) is 0.705. The number of thioether (sulfide) groups is 1. The van der Waals surface area contributed by atoms with Crippen LogP contribution in [0.15, 0.2) is 88.8 Å². The fourth-order valence-corrected chi connectivity index (χ4v) is 5.26. The van der Waals surface area contributed by atoms with Crippen LogP contribution in [0, 0.1) is 0 Å². The molecule has 1 fully saturated rings. The minimum Gasteiger partial charge on any atom is -0.375 e. The summed E-state index contributed by atoms with van der Waals surface area (Å²) < 4.78 is 7.74. The van der Waals surface area contributed by atoms with Crippen molar-refractivity contribution < 1.29 is 4.74 Å². The van der Waals surface area contributed by atoms with Crippen molar-refractivity contribution in [1.82, 2.24) is 14.5 Å². The number of fused-ring (bicyclic) bond motifs is 1. The molecule has 5 rings (SSSR count). The number of aromatic nitrogens is 2. The van der Waals surface area contributed by atoms with Crippen molar-refractivity contribution in [2.45, 2.75) is 17.8 Å². The first kappa shape index (κ1) is 22.2. The second-order valence-corrected chi connectivity index (χ2v) is 9.48. The average Bonchev–Trinajstić information content (AvgIpc) is 2.84. The summed E-state index contributed by atoms with van der Waals surface area (Å²) in [4.78, 5) is 20.6. The molecular weight excluding hydrogens is 454 g/mol. The Morgan fingerprint density at radius 1 is 1.03 bits per heavy atom. The summed E-state index contributed by atoms with van der Waals surface area (Å²) in [7, 11) is 0. The zero-order valence-corrected chi connectivity index (χ0v) is 19.6. The number of hydrogen-bond donors (Lipinski definition) is 0. The first-order valence-corrected chi connectivity index (χ1v) is 12.3. The van der Waals surface area contributed by atoms with Gasteiger partial charge in [0.2, 0.25) is 0 Å². The summed E-state index contributed by atoms with van der Waals surface area (Å²) in [5, 5.41) is 1.76. The van der Waals surface area contributed by atoms with Gasteiger partial charge < -0.3 is 4.74 Å². The van der Waals surface area contributed by atoms with E-state index in [0.717, 1.165) is 25.3 Å². The molecule has 1 aliphatic heterocycles. The van der Waals surface area contributed by atoms with Crippen molar-refractivity contribution in [3.8, 4) is 5.69 Å². The third-order valence-corrected chi connectivity index (χ3v) is 6.99. The smallest absolute Gasteiger partial charge is 0.266 e. The molecule has 0 radical (unpaired) electrons.